The van der Waals surface area contributed by atoms with Crippen LogP contribution in [0.25, 0.3) is 0 Å². The fraction of sp³-hybridized carbons (Fsp3) is 0.353. The number of amides is 4. The summed E-state index contributed by atoms with van der Waals surface area (Å²) in [6.45, 7) is -0.00262. The lowest BCUT2D eigenvalue weighted by Gasteiger charge is -2.33. The Labute approximate surface area is 245 Å². The number of hydrogen-bond donors (Lipinski definition) is 1. The highest BCUT2D eigenvalue weighted by Crippen LogP contribution is 2.24. The van der Waals surface area contributed by atoms with E-state index in [0.29, 0.717) is 16.7 Å². The van der Waals surface area contributed by atoms with Gasteiger partial charge in [-0.1, -0.05) is 79.9 Å². The highest BCUT2D eigenvalue weighted by molar-refractivity contribution is 6.21. The summed E-state index contributed by atoms with van der Waals surface area (Å²) < 4.78 is 14.8. The van der Waals surface area contributed by atoms with E-state index in [1.54, 1.807) is 42.5 Å². The second-order valence-electron chi connectivity index (χ2n) is 11.1. The highest BCUT2D eigenvalue weighted by Gasteiger charge is 2.36. The lowest BCUT2D eigenvalue weighted by atomic mass is 9.94. The molecule has 42 heavy (non-hydrogen) atoms. The molecule has 0 radical (unpaired) electrons. The van der Waals surface area contributed by atoms with Gasteiger partial charge in [0.05, 0.1) is 11.1 Å². The zero-order chi connectivity index (χ0) is 29.5. The van der Waals surface area contributed by atoms with Crippen molar-refractivity contribution in [3.05, 3.63) is 107 Å². The van der Waals surface area contributed by atoms with E-state index in [0.717, 1.165) is 42.6 Å². The normalized spacial score (nSPS) is 15.8. The molecule has 8 heteroatoms. The Bertz CT molecular complexity index is 1400. The molecule has 218 valence electrons. The molecule has 1 saturated carbocycles. The molecule has 3 aromatic rings. The van der Waals surface area contributed by atoms with Crippen molar-refractivity contribution in [1.29, 1.82) is 0 Å². The van der Waals surface area contributed by atoms with Crippen molar-refractivity contribution >= 4 is 23.6 Å². The average Bonchev–Trinajstić information content (AvgIpc) is 3.25. The summed E-state index contributed by atoms with van der Waals surface area (Å²) in [7, 11) is 0. The van der Waals surface area contributed by atoms with E-state index in [2.05, 4.69) is 5.32 Å². The lowest BCUT2D eigenvalue weighted by molar-refractivity contribution is -0.141. The van der Waals surface area contributed by atoms with E-state index in [9.17, 15) is 23.6 Å². The van der Waals surface area contributed by atoms with Gasteiger partial charge in [-0.15, -0.1) is 0 Å². The van der Waals surface area contributed by atoms with Crippen molar-refractivity contribution in [3.8, 4) is 0 Å². The molecule has 1 fully saturated rings. The van der Waals surface area contributed by atoms with Crippen molar-refractivity contribution in [1.82, 2.24) is 15.1 Å². The Morgan fingerprint density at radius 3 is 2.14 bits per heavy atom. The predicted molar refractivity (Wildman–Crippen MR) is 157 cm³/mol. The first-order valence-corrected chi connectivity index (χ1v) is 14.7. The second kappa shape index (κ2) is 13.6. The molecule has 2 aliphatic rings. The van der Waals surface area contributed by atoms with E-state index in [1.807, 2.05) is 30.3 Å². The third-order valence-corrected chi connectivity index (χ3v) is 8.17. The lowest BCUT2D eigenvalue weighted by Crippen LogP contribution is -2.53. The van der Waals surface area contributed by atoms with Gasteiger partial charge >= 0.3 is 0 Å². The van der Waals surface area contributed by atoms with Crippen molar-refractivity contribution in [2.24, 2.45) is 0 Å². The quantitative estimate of drug-likeness (QED) is 0.318. The van der Waals surface area contributed by atoms with Gasteiger partial charge in [-0.25, -0.2) is 4.39 Å². The maximum atomic E-state index is 14.8. The Morgan fingerprint density at radius 1 is 0.857 bits per heavy atom. The number of halogens is 1. The van der Waals surface area contributed by atoms with Crippen molar-refractivity contribution < 1.29 is 23.6 Å². The molecule has 1 heterocycles. The third-order valence-electron chi connectivity index (χ3n) is 8.17. The fourth-order valence-corrected chi connectivity index (χ4v) is 5.88. The van der Waals surface area contributed by atoms with E-state index < -0.39 is 11.9 Å². The minimum Gasteiger partial charge on any atom is -0.352 e. The van der Waals surface area contributed by atoms with Crippen LogP contribution in [0, 0.1) is 5.82 Å². The molecule has 1 N–H and O–H groups in total. The Balaban J connectivity index is 1.36. The minimum atomic E-state index is -0.860. The molecule has 5 rings (SSSR count). The molecule has 3 aromatic carbocycles. The summed E-state index contributed by atoms with van der Waals surface area (Å²) in [5.41, 5.74) is 1.92. The van der Waals surface area contributed by atoms with Crippen LogP contribution >= 0.6 is 0 Å². The van der Waals surface area contributed by atoms with Crippen molar-refractivity contribution in [3.63, 3.8) is 0 Å². The molecule has 1 aliphatic heterocycles. The van der Waals surface area contributed by atoms with Gasteiger partial charge in [0.25, 0.3) is 11.8 Å². The van der Waals surface area contributed by atoms with Crippen LogP contribution in [0.1, 0.15) is 76.8 Å². The minimum absolute atomic E-state index is 0.0101. The Hall–Kier alpha value is -4.33. The summed E-state index contributed by atoms with van der Waals surface area (Å²) in [4.78, 5) is 55.9. The monoisotopic (exact) mass is 569 g/mol. The topological polar surface area (TPSA) is 86.8 Å². The van der Waals surface area contributed by atoms with Crippen molar-refractivity contribution in [2.45, 2.75) is 70.0 Å². The first-order valence-electron chi connectivity index (χ1n) is 14.7. The zero-order valence-corrected chi connectivity index (χ0v) is 23.6. The summed E-state index contributed by atoms with van der Waals surface area (Å²) in [6.07, 6.45) is 5.51. The van der Waals surface area contributed by atoms with Gasteiger partial charge in [0.15, 0.2) is 0 Å². The van der Waals surface area contributed by atoms with Crippen molar-refractivity contribution in [2.75, 3.05) is 6.54 Å². The van der Waals surface area contributed by atoms with Gasteiger partial charge < -0.3 is 10.2 Å². The fourth-order valence-electron chi connectivity index (χ4n) is 5.88. The van der Waals surface area contributed by atoms with Crippen LogP contribution in [0.15, 0.2) is 78.9 Å². The molecule has 1 atom stereocenters. The highest BCUT2D eigenvalue weighted by atomic mass is 19.1. The summed E-state index contributed by atoms with van der Waals surface area (Å²) in [5.74, 6) is -1.79. The molecule has 4 amide bonds. The maximum Gasteiger partial charge on any atom is 0.261 e. The summed E-state index contributed by atoms with van der Waals surface area (Å²) in [6, 6.07) is 21.6. The molecule has 0 saturated heterocycles. The van der Waals surface area contributed by atoms with Crippen LogP contribution in [-0.4, -0.2) is 52.1 Å². The second-order valence-corrected chi connectivity index (χ2v) is 11.1. The number of nitrogens with zero attached hydrogens (tertiary/aromatic N) is 2. The van der Waals surface area contributed by atoms with Crippen LogP contribution in [0.4, 0.5) is 4.39 Å². The number of carbonyl (C=O) groups excluding carboxylic acids is 4. The predicted octanol–water partition coefficient (Wildman–Crippen LogP) is 5.29. The largest absolute Gasteiger partial charge is 0.352 e. The smallest absolute Gasteiger partial charge is 0.261 e. The number of fused-ring (bicyclic) bond motifs is 1. The number of nitrogens with one attached hydrogen (secondary N) is 1. The third kappa shape index (κ3) is 6.75. The zero-order valence-electron chi connectivity index (χ0n) is 23.6. The van der Waals surface area contributed by atoms with Gasteiger partial charge in [-0.05, 0) is 43.0 Å². The number of carbonyl (C=O) groups is 4. The molecule has 0 unspecified atom stereocenters. The molecule has 0 aromatic heterocycles. The van der Waals surface area contributed by atoms with Gasteiger partial charge in [0, 0.05) is 37.5 Å². The van der Waals surface area contributed by atoms with Crippen LogP contribution in [0.3, 0.4) is 0 Å². The van der Waals surface area contributed by atoms with Gasteiger partial charge in [-0.2, -0.15) is 0 Å². The first kappa shape index (κ1) is 29.2. The van der Waals surface area contributed by atoms with E-state index in [-0.39, 0.29) is 62.0 Å². The molecule has 0 spiro atoms. The number of rotatable bonds is 11. The molecular weight excluding hydrogens is 533 g/mol. The van der Waals surface area contributed by atoms with Crippen LogP contribution < -0.4 is 5.32 Å². The average molecular weight is 570 g/mol. The number of benzene rings is 3. The van der Waals surface area contributed by atoms with Crippen LogP contribution in [0.5, 0.6) is 0 Å². The number of imide groups is 1. The first-order chi connectivity index (χ1) is 20.4. The Kier molecular flexibility index (Phi) is 9.41. The van der Waals surface area contributed by atoms with Crippen LogP contribution in [-0.2, 0) is 22.6 Å². The van der Waals surface area contributed by atoms with E-state index in [4.69, 9.17) is 0 Å². The molecule has 1 aliphatic carbocycles. The standard InChI is InChI=1S/C34H36FN3O4/c35-29-19-10-7-14-25(29)23-38(31(39)20-11-21-37-33(41)27-17-8-9-18-28(27)34(37)42)30(22-24-12-3-1-4-13-24)32(40)36-26-15-5-2-6-16-26/h1,3-4,7-10,12-14,17-19,26,30H,2,5-6,11,15-16,20-23H2,(H,36,40)/t30-/m1/s1. The Morgan fingerprint density at radius 2 is 1.48 bits per heavy atom. The molecule has 7 nitrogen and oxygen atoms in total. The van der Waals surface area contributed by atoms with E-state index in [1.165, 1.54) is 11.0 Å². The summed E-state index contributed by atoms with van der Waals surface area (Å²) >= 11 is 0. The van der Waals surface area contributed by atoms with E-state index >= 15 is 0 Å². The van der Waals surface area contributed by atoms with Gasteiger partial charge in [-0.3, -0.25) is 24.1 Å². The van der Waals surface area contributed by atoms with Gasteiger partial charge in [0.1, 0.15) is 11.9 Å². The van der Waals surface area contributed by atoms with Gasteiger partial charge in [0.2, 0.25) is 11.8 Å². The van der Waals surface area contributed by atoms with Crippen LogP contribution in [0.2, 0.25) is 0 Å². The molecule has 0 bridgehead atoms. The SMILES string of the molecule is O=C(NC1CCCCC1)[C@@H](Cc1ccccc1)N(Cc1ccccc1F)C(=O)CCCN1C(=O)c2ccccc2C1=O. The molecular formula is C34H36FN3O4. The number of hydrogen-bond acceptors (Lipinski definition) is 4. The maximum absolute atomic E-state index is 14.8. The summed E-state index contributed by atoms with van der Waals surface area (Å²) in [5, 5.41) is 3.17.